The van der Waals surface area contributed by atoms with Crippen LogP contribution in [0.5, 0.6) is 5.75 Å². The molecule has 0 radical (unpaired) electrons. The Labute approximate surface area is 206 Å². The minimum atomic E-state index is 0.254. The van der Waals surface area contributed by atoms with Crippen molar-refractivity contribution in [1.82, 2.24) is 14.7 Å². The average molecular weight is 469 g/mol. The predicted octanol–water partition coefficient (Wildman–Crippen LogP) is 4.13. The van der Waals surface area contributed by atoms with E-state index in [-0.39, 0.29) is 5.91 Å². The summed E-state index contributed by atoms with van der Waals surface area (Å²) in [5, 5.41) is 0. The number of carbonyl (C=O) groups is 1. The Hall–Kier alpha value is -1.63. The second kappa shape index (κ2) is 11.4. The van der Waals surface area contributed by atoms with Crippen LogP contribution >= 0.6 is 0 Å². The zero-order valence-corrected chi connectivity index (χ0v) is 21.2. The second-order valence-corrected chi connectivity index (χ2v) is 10.9. The Kier molecular flexibility index (Phi) is 8.08. The normalized spacial score (nSPS) is 25.6. The van der Waals surface area contributed by atoms with Crippen molar-refractivity contribution < 1.29 is 9.53 Å². The van der Waals surface area contributed by atoms with E-state index in [0.717, 1.165) is 75.7 Å². The van der Waals surface area contributed by atoms with Gasteiger partial charge >= 0.3 is 0 Å². The molecule has 188 valence electrons. The molecule has 0 bridgehead atoms. The van der Waals surface area contributed by atoms with Gasteiger partial charge in [-0.1, -0.05) is 12.8 Å². The fraction of sp³-hybridized carbons (Fsp3) is 0.750. The fourth-order valence-electron chi connectivity index (χ4n) is 6.49. The van der Waals surface area contributed by atoms with E-state index in [4.69, 9.17) is 4.74 Å². The smallest absolute Gasteiger partial charge is 0.227 e. The van der Waals surface area contributed by atoms with Gasteiger partial charge in [-0.05, 0) is 70.2 Å². The number of likely N-dealkylation sites (tertiary alicyclic amines) is 1. The summed E-state index contributed by atoms with van der Waals surface area (Å²) < 4.78 is 6.35. The van der Waals surface area contributed by atoms with Crippen LogP contribution < -0.4 is 9.64 Å². The largest absolute Gasteiger partial charge is 0.493 e. The Morgan fingerprint density at radius 2 is 1.76 bits per heavy atom. The van der Waals surface area contributed by atoms with E-state index in [9.17, 15) is 4.79 Å². The summed E-state index contributed by atoms with van der Waals surface area (Å²) in [6, 6.07) is 7.97. The summed E-state index contributed by atoms with van der Waals surface area (Å²) in [6.45, 7) is 11.8. The van der Waals surface area contributed by atoms with Gasteiger partial charge in [0.2, 0.25) is 5.91 Å². The molecule has 0 spiro atoms. The molecular formula is C28H44N4O2. The number of piperazine rings is 1. The van der Waals surface area contributed by atoms with E-state index in [0.29, 0.717) is 6.42 Å². The van der Waals surface area contributed by atoms with E-state index in [1.165, 1.54) is 63.7 Å². The molecule has 1 aromatic rings. The van der Waals surface area contributed by atoms with Crippen LogP contribution in [0.2, 0.25) is 0 Å². The molecule has 1 amide bonds. The van der Waals surface area contributed by atoms with Gasteiger partial charge in [0.25, 0.3) is 0 Å². The second-order valence-electron chi connectivity index (χ2n) is 10.9. The number of anilines is 1. The first-order valence-corrected chi connectivity index (χ1v) is 13.9. The first kappa shape index (κ1) is 24.1. The molecule has 6 heteroatoms. The first-order valence-electron chi connectivity index (χ1n) is 13.9. The van der Waals surface area contributed by atoms with Crippen molar-refractivity contribution in [2.45, 2.75) is 83.3 Å². The first-order chi connectivity index (χ1) is 16.7. The van der Waals surface area contributed by atoms with Gasteiger partial charge in [-0.2, -0.15) is 0 Å². The minimum absolute atomic E-state index is 0.254. The summed E-state index contributed by atoms with van der Waals surface area (Å²) in [6.07, 6.45) is 11.0. The van der Waals surface area contributed by atoms with Crippen LogP contribution in [0.4, 0.5) is 5.69 Å². The number of benzene rings is 1. The Morgan fingerprint density at radius 3 is 2.47 bits per heavy atom. The van der Waals surface area contributed by atoms with Gasteiger partial charge in [0.15, 0.2) is 0 Å². The maximum absolute atomic E-state index is 12.4. The van der Waals surface area contributed by atoms with Gasteiger partial charge in [0.1, 0.15) is 5.75 Å². The number of hydrogen-bond donors (Lipinski definition) is 0. The molecule has 6 nitrogen and oxygen atoms in total. The van der Waals surface area contributed by atoms with Crippen LogP contribution in [0.1, 0.15) is 70.3 Å². The van der Waals surface area contributed by atoms with Crippen molar-refractivity contribution in [2.24, 2.45) is 0 Å². The molecular weight excluding hydrogens is 424 g/mol. The van der Waals surface area contributed by atoms with Crippen LogP contribution in [0.3, 0.4) is 0 Å². The Bertz CT molecular complexity index is 817. The SMILES string of the molecule is CC1CCCN1CCCOc1ccc(N2CCCC2=O)cc1CN1CCN(C2CCCC2)CC1. The fourth-order valence-corrected chi connectivity index (χ4v) is 6.49. The summed E-state index contributed by atoms with van der Waals surface area (Å²) in [5.74, 6) is 1.26. The third-order valence-electron chi connectivity index (χ3n) is 8.61. The Balaban J connectivity index is 1.21. The van der Waals surface area contributed by atoms with Crippen molar-refractivity contribution in [2.75, 3.05) is 57.3 Å². The number of rotatable bonds is 9. The van der Waals surface area contributed by atoms with Gasteiger partial charge in [-0.25, -0.2) is 0 Å². The van der Waals surface area contributed by atoms with E-state index in [2.05, 4.69) is 39.8 Å². The van der Waals surface area contributed by atoms with Crippen molar-refractivity contribution in [3.63, 3.8) is 0 Å². The molecule has 3 aliphatic heterocycles. The Morgan fingerprint density at radius 1 is 0.941 bits per heavy atom. The maximum atomic E-state index is 12.4. The number of carbonyl (C=O) groups excluding carboxylic acids is 1. The highest BCUT2D eigenvalue weighted by molar-refractivity contribution is 5.95. The molecule has 4 fully saturated rings. The van der Waals surface area contributed by atoms with E-state index in [1.54, 1.807) is 0 Å². The third-order valence-corrected chi connectivity index (χ3v) is 8.61. The molecule has 1 saturated carbocycles. The molecule has 1 aliphatic carbocycles. The van der Waals surface area contributed by atoms with Crippen molar-refractivity contribution >= 4 is 11.6 Å². The van der Waals surface area contributed by atoms with Crippen LogP contribution in [0.15, 0.2) is 18.2 Å². The molecule has 34 heavy (non-hydrogen) atoms. The van der Waals surface area contributed by atoms with Gasteiger partial charge in [-0.3, -0.25) is 14.6 Å². The van der Waals surface area contributed by atoms with Gasteiger partial charge in [0.05, 0.1) is 6.61 Å². The maximum Gasteiger partial charge on any atom is 0.227 e. The van der Waals surface area contributed by atoms with Crippen LogP contribution in [-0.2, 0) is 11.3 Å². The average Bonchev–Trinajstić information content (AvgIpc) is 3.61. The summed E-state index contributed by atoms with van der Waals surface area (Å²) in [5.41, 5.74) is 2.28. The zero-order valence-electron chi connectivity index (χ0n) is 21.2. The van der Waals surface area contributed by atoms with Gasteiger partial charge in [-0.15, -0.1) is 0 Å². The molecule has 0 N–H and O–H groups in total. The zero-order chi connectivity index (χ0) is 23.3. The topological polar surface area (TPSA) is 39.3 Å². The lowest BCUT2D eigenvalue weighted by atomic mass is 10.1. The van der Waals surface area contributed by atoms with Crippen LogP contribution in [0.25, 0.3) is 0 Å². The minimum Gasteiger partial charge on any atom is -0.493 e. The number of nitrogens with zero attached hydrogens (tertiary/aromatic N) is 4. The highest BCUT2D eigenvalue weighted by atomic mass is 16.5. The quantitative estimate of drug-likeness (QED) is 0.510. The van der Waals surface area contributed by atoms with E-state index < -0.39 is 0 Å². The number of ether oxygens (including phenoxy) is 1. The molecule has 1 atom stereocenters. The van der Waals surface area contributed by atoms with Crippen molar-refractivity contribution in [3.05, 3.63) is 23.8 Å². The number of amides is 1. The van der Waals surface area contributed by atoms with Crippen LogP contribution in [0, 0.1) is 0 Å². The van der Waals surface area contributed by atoms with Crippen molar-refractivity contribution in [3.8, 4) is 5.75 Å². The molecule has 3 saturated heterocycles. The molecule has 1 unspecified atom stereocenters. The molecule has 0 aromatic heterocycles. The summed E-state index contributed by atoms with van der Waals surface area (Å²) >= 11 is 0. The molecule has 4 aliphatic rings. The van der Waals surface area contributed by atoms with E-state index in [1.807, 2.05) is 4.90 Å². The summed E-state index contributed by atoms with van der Waals surface area (Å²) in [4.78, 5) is 22.2. The molecule has 5 rings (SSSR count). The monoisotopic (exact) mass is 468 g/mol. The lowest BCUT2D eigenvalue weighted by Crippen LogP contribution is -2.49. The lowest BCUT2D eigenvalue weighted by Gasteiger charge is -2.38. The third kappa shape index (κ3) is 5.77. The van der Waals surface area contributed by atoms with Gasteiger partial charge in [0, 0.05) is 75.6 Å². The summed E-state index contributed by atoms with van der Waals surface area (Å²) in [7, 11) is 0. The van der Waals surface area contributed by atoms with E-state index >= 15 is 0 Å². The standard InChI is InChI=1S/C28H44N4O2/c1-23-7-4-13-30(23)14-6-20-34-27-12-11-26(32-15-5-10-28(32)33)21-24(27)22-29-16-18-31(19-17-29)25-8-2-3-9-25/h11-12,21,23,25H,2-10,13-20,22H2,1H3. The highest BCUT2D eigenvalue weighted by Gasteiger charge is 2.27. The van der Waals surface area contributed by atoms with Crippen molar-refractivity contribution in [1.29, 1.82) is 0 Å². The highest BCUT2D eigenvalue weighted by Crippen LogP contribution is 2.30. The molecule has 3 heterocycles. The lowest BCUT2D eigenvalue weighted by molar-refractivity contribution is -0.117. The number of hydrogen-bond acceptors (Lipinski definition) is 5. The molecule has 1 aromatic carbocycles. The van der Waals surface area contributed by atoms with Crippen LogP contribution in [-0.4, -0.2) is 85.1 Å². The predicted molar refractivity (Wildman–Crippen MR) is 138 cm³/mol. The van der Waals surface area contributed by atoms with Gasteiger partial charge < -0.3 is 14.5 Å².